The Bertz CT molecular complexity index is 860. The molecule has 0 spiro atoms. The molecular formula is C18H18F2N2O3S. The molecule has 1 amide bonds. The molecule has 8 heteroatoms. The van der Waals surface area contributed by atoms with Crippen LogP contribution in [0.2, 0.25) is 0 Å². The average Bonchev–Trinajstić information content (AvgIpc) is 3.00. The molecule has 0 unspecified atom stereocenters. The minimum Gasteiger partial charge on any atom is -0.480 e. The van der Waals surface area contributed by atoms with E-state index < -0.39 is 29.0 Å². The van der Waals surface area contributed by atoms with Gasteiger partial charge in [0.15, 0.2) is 11.6 Å². The number of nitrogens with two attached hydrogens (primary N) is 1. The van der Waals surface area contributed by atoms with Crippen LogP contribution in [0.15, 0.2) is 24.3 Å². The van der Waals surface area contributed by atoms with Crippen molar-refractivity contribution in [2.24, 2.45) is 0 Å². The molecule has 1 fully saturated rings. The minimum absolute atomic E-state index is 0.163. The molecule has 1 heterocycles. The lowest BCUT2D eigenvalue weighted by Gasteiger charge is -2.33. The summed E-state index contributed by atoms with van der Waals surface area (Å²) in [6.45, 7) is 0. The van der Waals surface area contributed by atoms with Crippen molar-refractivity contribution in [1.29, 1.82) is 0 Å². The molecule has 0 bridgehead atoms. The van der Waals surface area contributed by atoms with E-state index in [2.05, 4.69) is 5.32 Å². The van der Waals surface area contributed by atoms with Gasteiger partial charge < -0.3 is 16.2 Å². The molecule has 138 valence electrons. The first kappa shape index (κ1) is 18.3. The van der Waals surface area contributed by atoms with E-state index in [9.17, 15) is 23.5 Å². The highest BCUT2D eigenvalue weighted by atomic mass is 32.1. The summed E-state index contributed by atoms with van der Waals surface area (Å²) < 4.78 is 26.5. The number of benzene rings is 1. The van der Waals surface area contributed by atoms with Crippen LogP contribution in [0.4, 0.5) is 14.5 Å². The Morgan fingerprint density at radius 2 is 1.81 bits per heavy atom. The lowest BCUT2D eigenvalue weighted by molar-refractivity contribution is -0.145. The van der Waals surface area contributed by atoms with E-state index >= 15 is 0 Å². The molecule has 1 aromatic carbocycles. The number of aliphatic carboxylic acids is 1. The first-order valence-electron chi connectivity index (χ1n) is 8.23. The third-order valence-corrected chi connectivity index (χ3v) is 5.84. The second-order valence-electron chi connectivity index (χ2n) is 6.43. The van der Waals surface area contributed by atoms with Crippen LogP contribution >= 0.6 is 11.3 Å². The maximum absolute atomic E-state index is 13.4. The van der Waals surface area contributed by atoms with E-state index in [0.29, 0.717) is 23.3 Å². The van der Waals surface area contributed by atoms with Crippen molar-refractivity contribution >= 4 is 28.9 Å². The molecule has 3 rings (SSSR count). The summed E-state index contributed by atoms with van der Waals surface area (Å²) in [6.07, 6.45) is 3.14. The van der Waals surface area contributed by atoms with Gasteiger partial charge in [-0.25, -0.2) is 13.6 Å². The number of carbonyl (C=O) groups is 2. The zero-order valence-corrected chi connectivity index (χ0v) is 14.7. The molecule has 26 heavy (non-hydrogen) atoms. The monoisotopic (exact) mass is 380 g/mol. The summed E-state index contributed by atoms with van der Waals surface area (Å²) in [4.78, 5) is 25.0. The molecule has 0 saturated heterocycles. The van der Waals surface area contributed by atoms with E-state index in [4.69, 9.17) is 5.73 Å². The van der Waals surface area contributed by atoms with Crippen LogP contribution in [0.25, 0.3) is 10.4 Å². The second kappa shape index (κ2) is 7.03. The maximum atomic E-state index is 13.4. The van der Waals surface area contributed by atoms with Crippen molar-refractivity contribution in [3.8, 4) is 10.4 Å². The third kappa shape index (κ3) is 3.41. The lowest BCUT2D eigenvalue weighted by atomic mass is 9.81. The Balaban J connectivity index is 1.87. The molecular weight excluding hydrogens is 362 g/mol. The largest absolute Gasteiger partial charge is 0.480 e. The van der Waals surface area contributed by atoms with Crippen LogP contribution in [-0.2, 0) is 4.79 Å². The Kier molecular flexibility index (Phi) is 4.95. The molecule has 0 aliphatic heterocycles. The number of hydrogen-bond donors (Lipinski definition) is 3. The Hall–Kier alpha value is -2.48. The molecule has 5 nitrogen and oxygen atoms in total. The quantitative estimate of drug-likeness (QED) is 0.752. The Labute approximate surface area is 152 Å². The fraction of sp³-hybridized carbons (Fsp3) is 0.333. The zero-order chi connectivity index (χ0) is 18.9. The molecule has 4 N–H and O–H groups in total. The molecule has 1 saturated carbocycles. The van der Waals surface area contributed by atoms with E-state index in [1.807, 2.05) is 0 Å². The van der Waals surface area contributed by atoms with Gasteiger partial charge in [-0.15, -0.1) is 11.3 Å². The van der Waals surface area contributed by atoms with Crippen LogP contribution in [0.5, 0.6) is 0 Å². The maximum Gasteiger partial charge on any atom is 0.329 e. The fourth-order valence-corrected chi connectivity index (χ4v) is 4.17. The van der Waals surface area contributed by atoms with Crippen LogP contribution in [0.3, 0.4) is 0 Å². The van der Waals surface area contributed by atoms with Crippen molar-refractivity contribution in [2.75, 3.05) is 5.73 Å². The summed E-state index contributed by atoms with van der Waals surface area (Å²) in [6, 6.07) is 4.93. The van der Waals surface area contributed by atoms with Gasteiger partial charge in [0.2, 0.25) is 0 Å². The number of rotatable bonds is 4. The SMILES string of the molecule is Nc1cc(-c2ccc(F)c(F)c2)sc1C(=O)NC1(C(=O)O)CCCCC1. The van der Waals surface area contributed by atoms with Gasteiger partial charge in [-0.1, -0.05) is 25.3 Å². The van der Waals surface area contributed by atoms with Crippen molar-refractivity contribution in [3.05, 3.63) is 40.8 Å². The van der Waals surface area contributed by atoms with Gasteiger partial charge in [-0.2, -0.15) is 0 Å². The zero-order valence-electron chi connectivity index (χ0n) is 13.9. The summed E-state index contributed by atoms with van der Waals surface area (Å²) >= 11 is 1.02. The molecule has 0 radical (unpaired) electrons. The summed E-state index contributed by atoms with van der Waals surface area (Å²) in [5, 5.41) is 12.2. The number of thiophene rings is 1. The number of amides is 1. The number of carboxylic acid groups (broad SMARTS) is 1. The smallest absolute Gasteiger partial charge is 0.329 e. The molecule has 0 atom stereocenters. The summed E-state index contributed by atoms with van der Waals surface area (Å²) in [5.41, 5.74) is 5.19. The van der Waals surface area contributed by atoms with Crippen LogP contribution in [0.1, 0.15) is 41.8 Å². The highest BCUT2D eigenvalue weighted by Gasteiger charge is 2.41. The molecule has 1 aliphatic rings. The van der Waals surface area contributed by atoms with Crippen molar-refractivity contribution in [3.63, 3.8) is 0 Å². The van der Waals surface area contributed by atoms with Gasteiger partial charge in [0.05, 0.1) is 5.69 Å². The number of carbonyl (C=O) groups excluding carboxylic acids is 1. The predicted molar refractivity (Wildman–Crippen MR) is 95.0 cm³/mol. The topological polar surface area (TPSA) is 92.4 Å². The summed E-state index contributed by atoms with van der Waals surface area (Å²) in [5.74, 6) is -3.57. The van der Waals surface area contributed by atoms with E-state index in [-0.39, 0.29) is 10.6 Å². The number of halogens is 2. The van der Waals surface area contributed by atoms with E-state index in [0.717, 1.165) is 42.7 Å². The summed E-state index contributed by atoms with van der Waals surface area (Å²) in [7, 11) is 0. The van der Waals surface area contributed by atoms with Gasteiger partial charge in [-0.05, 0) is 36.6 Å². The Morgan fingerprint density at radius 3 is 2.42 bits per heavy atom. The van der Waals surface area contributed by atoms with Gasteiger partial charge in [0, 0.05) is 4.88 Å². The van der Waals surface area contributed by atoms with E-state index in [1.54, 1.807) is 0 Å². The standard InChI is InChI=1S/C18H18F2N2O3S/c19-11-5-4-10(8-12(11)20)14-9-13(21)15(26-14)16(23)22-18(17(24)25)6-2-1-3-7-18/h4-5,8-9H,1-3,6-7,21H2,(H,22,23)(H,24,25). The normalized spacial score (nSPS) is 16.2. The average molecular weight is 380 g/mol. The van der Waals surface area contributed by atoms with Gasteiger partial charge in [-0.3, -0.25) is 4.79 Å². The van der Waals surface area contributed by atoms with Crippen LogP contribution in [0, 0.1) is 11.6 Å². The first-order valence-corrected chi connectivity index (χ1v) is 9.05. The highest BCUT2D eigenvalue weighted by molar-refractivity contribution is 7.18. The van der Waals surface area contributed by atoms with Gasteiger partial charge in [0.25, 0.3) is 5.91 Å². The predicted octanol–water partition coefficient (Wildman–Crippen LogP) is 3.79. The number of hydrogen-bond acceptors (Lipinski definition) is 4. The minimum atomic E-state index is -1.28. The van der Waals surface area contributed by atoms with Crippen molar-refractivity contribution in [2.45, 2.75) is 37.6 Å². The molecule has 2 aromatic rings. The van der Waals surface area contributed by atoms with Gasteiger partial charge in [0.1, 0.15) is 10.4 Å². The number of nitrogen functional groups attached to an aromatic ring is 1. The Morgan fingerprint density at radius 1 is 1.12 bits per heavy atom. The van der Waals surface area contributed by atoms with Crippen molar-refractivity contribution in [1.82, 2.24) is 5.32 Å². The highest BCUT2D eigenvalue weighted by Crippen LogP contribution is 2.35. The molecule has 1 aromatic heterocycles. The van der Waals surface area contributed by atoms with E-state index in [1.165, 1.54) is 12.1 Å². The van der Waals surface area contributed by atoms with Gasteiger partial charge >= 0.3 is 5.97 Å². The second-order valence-corrected chi connectivity index (χ2v) is 7.48. The number of anilines is 1. The first-order chi connectivity index (χ1) is 12.3. The third-order valence-electron chi connectivity index (χ3n) is 4.64. The van der Waals surface area contributed by atoms with Crippen molar-refractivity contribution < 1.29 is 23.5 Å². The van der Waals surface area contributed by atoms with Crippen LogP contribution in [-0.4, -0.2) is 22.5 Å². The van der Waals surface area contributed by atoms with Crippen LogP contribution < -0.4 is 11.1 Å². The molecule has 1 aliphatic carbocycles. The number of nitrogens with one attached hydrogen (secondary N) is 1. The fourth-order valence-electron chi connectivity index (χ4n) is 3.20. The number of carboxylic acids is 1. The lowest BCUT2D eigenvalue weighted by Crippen LogP contribution is -2.55.